The van der Waals surface area contributed by atoms with Crippen molar-refractivity contribution < 1.29 is 28.5 Å². The monoisotopic (exact) mass is 445 g/mol. The number of aromatic nitrogens is 1. The third kappa shape index (κ3) is 6.11. The fourth-order valence-corrected chi connectivity index (χ4v) is 3.93. The van der Waals surface area contributed by atoms with Crippen LogP contribution >= 0.6 is 0 Å². The lowest BCUT2D eigenvalue weighted by Crippen LogP contribution is -2.37. The van der Waals surface area contributed by atoms with Crippen molar-refractivity contribution in [2.75, 3.05) is 13.7 Å². The zero-order chi connectivity index (χ0) is 23.3. The maximum Gasteiger partial charge on any atom is 0.335 e. The average molecular weight is 446 g/mol. The van der Waals surface area contributed by atoms with Gasteiger partial charge in [-0.2, -0.15) is 0 Å². The Labute approximate surface area is 190 Å². The highest BCUT2D eigenvalue weighted by atomic mass is 16.5. The van der Waals surface area contributed by atoms with Gasteiger partial charge in [0.05, 0.1) is 26.4 Å². The first-order valence-corrected chi connectivity index (χ1v) is 11.3. The lowest BCUT2D eigenvalue weighted by molar-refractivity contribution is -0.163. The highest BCUT2D eigenvalue weighted by molar-refractivity contribution is 5.76. The van der Waals surface area contributed by atoms with Crippen molar-refractivity contribution in [3.05, 3.63) is 35.7 Å². The molecule has 0 bridgehead atoms. The van der Waals surface area contributed by atoms with Crippen molar-refractivity contribution in [1.82, 2.24) is 4.98 Å². The Morgan fingerprint density at radius 1 is 1.31 bits per heavy atom. The van der Waals surface area contributed by atoms with E-state index < -0.39 is 11.6 Å². The second-order valence-corrected chi connectivity index (χ2v) is 9.31. The summed E-state index contributed by atoms with van der Waals surface area (Å²) in [5.74, 6) is 1.69. The third-order valence-electron chi connectivity index (χ3n) is 5.95. The number of methoxy groups -OCH3 is 1. The summed E-state index contributed by atoms with van der Waals surface area (Å²) in [5.41, 5.74) is 0.522. The number of ether oxygens (including phenoxy) is 3. The van der Waals surface area contributed by atoms with E-state index in [1.54, 1.807) is 21.0 Å². The molecule has 2 aromatic rings. The lowest BCUT2D eigenvalue weighted by atomic mass is 9.87. The van der Waals surface area contributed by atoms with Gasteiger partial charge in [0.15, 0.2) is 5.60 Å². The molecular formula is C25H35NO6. The molecule has 0 spiro atoms. The molecule has 0 unspecified atom stereocenters. The van der Waals surface area contributed by atoms with E-state index in [-0.39, 0.29) is 12.0 Å². The number of oxazole rings is 1. The van der Waals surface area contributed by atoms with Crippen LogP contribution in [0.15, 0.2) is 28.7 Å². The van der Waals surface area contributed by atoms with Crippen LogP contribution in [0.4, 0.5) is 0 Å². The number of nitrogens with zero attached hydrogens (tertiary/aromatic N) is 1. The predicted molar refractivity (Wildman–Crippen MR) is 121 cm³/mol. The Hall–Kier alpha value is -2.38. The van der Waals surface area contributed by atoms with E-state index in [9.17, 15) is 9.90 Å². The highest BCUT2D eigenvalue weighted by Gasteiger charge is 2.31. The smallest absolute Gasteiger partial charge is 0.335 e. The van der Waals surface area contributed by atoms with Gasteiger partial charge in [0.1, 0.15) is 17.2 Å². The van der Waals surface area contributed by atoms with Gasteiger partial charge in [0.2, 0.25) is 5.89 Å². The van der Waals surface area contributed by atoms with Crippen molar-refractivity contribution in [2.24, 2.45) is 5.92 Å². The highest BCUT2D eigenvalue weighted by Crippen LogP contribution is 2.32. The Balaban J connectivity index is 1.63. The average Bonchev–Trinajstić information content (AvgIpc) is 3.21. The van der Waals surface area contributed by atoms with Crippen molar-refractivity contribution in [1.29, 1.82) is 0 Å². The number of hydrogen-bond donors (Lipinski definition) is 1. The van der Waals surface area contributed by atoms with Crippen LogP contribution < -0.4 is 4.74 Å². The van der Waals surface area contributed by atoms with E-state index in [1.807, 2.05) is 24.3 Å². The molecule has 1 saturated carbocycles. The van der Waals surface area contributed by atoms with Crippen LogP contribution in [0.25, 0.3) is 11.5 Å². The van der Waals surface area contributed by atoms with Gasteiger partial charge in [-0.1, -0.05) is 26.3 Å². The molecule has 7 heteroatoms. The van der Waals surface area contributed by atoms with Gasteiger partial charge >= 0.3 is 5.97 Å². The number of carboxylic acids is 1. The molecule has 3 rings (SSSR count). The predicted octanol–water partition coefficient (Wildman–Crippen LogP) is 5.43. The quantitative estimate of drug-likeness (QED) is 0.521. The molecule has 32 heavy (non-hydrogen) atoms. The van der Waals surface area contributed by atoms with Crippen LogP contribution in [0.3, 0.4) is 0 Å². The first-order valence-electron chi connectivity index (χ1n) is 11.3. The number of carboxylic acid groups (broad SMARTS) is 1. The number of aliphatic carboxylic acids is 1. The first-order chi connectivity index (χ1) is 15.2. The van der Waals surface area contributed by atoms with Crippen LogP contribution in [-0.2, 0) is 20.9 Å². The van der Waals surface area contributed by atoms with E-state index in [0.29, 0.717) is 25.0 Å². The summed E-state index contributed by atoms with van der Waals surface area (Å²) in [6.45, 7) is 8.16. The molecule has 2 atom stereocenters. The minimum absolute atomic E-state index is 0.0993. The van der Waals surface area contributed by atoms with Gasteiger partial charge < -0.3 is 23.7 Å². The number of benzene rings is 1. The normalized spacial score (nSPS) is 19.3. The third-order valence-corrected chi connectivity index (χ3v) is 5.95. The molecule has 0 aliphatic heterocycles. The molecule has 0 amide bonds. The van der Waals surface area contributed by atoms with E-state index in [0.717, 1.165) is 48.5 Å². The van der Waals surface area contributed by atoms with Gasteiger partial charge in [-0.3, -0.25) is 0 Å². The molecule has 1 aliphatic rings. The van der Waals surface area contributed by atoms with Gasteiger partial charge in [-0.25, -0.2) is 9.78 Å². The molecule has 1 aromatic carbocycles. The topological polar surface area (TPSA) is 91.0 Å². The Bertz CT molecular complexity index is 904. The summed E-state index contributed by atoms with van der Waals surface area (Å²) in [4.78, 5) is 16.0. The van der Waals surface area contributed by atoms with Crippen LogP contribution in [0, 0.1) is 5.92 Å². The molecule has 1 aliphatic carbocycles. The van der Waals surface area contributed by atoms with Gasteiger partial charge in [-0.15, -0.1) is 0 Å². The zero-order valence-corrected chi connectivity index (χ0v) is 19.7. The van der Waals surface area contributed by atoms with Crippen LogP contribution in [0.1, 0.15) is 70.8 Å². The minimum Gasteiger partial charge on any atom is -0.497 e. The molecule has 0 saturated heterocycles. The fourth-order valence-electron chi connectivity index (χ4n) is 3.93. The molecule has 0 radical (unpaired) electrons. The van der Waals surface area contributed by atoms with Crippen molar-refractivity contribution in [3.8, 4) is 17.2 Å². The standard InChI is InChI=1S/C25H35NO6/c1-16(2)22-21(26-23(32-22)18-9-7-10-19(13-18)29-5)15-30-20-11-6-8-17(12-20)14-31-25(3,4)24(27)28/h7,9-10,13,16-17,20H,6,8,11-12,14-15H2,1-5H3,(H,27,28)/t17-,20+/m1/s1. The van der Waals surface area contributed by atoms with Crippen LogP contribution in [0.2, 0.25) is 0 Å². The molecule has 176 valence electrons. The number of rotatable bonds is 10. The largest absolute Gasteiger partial charge is 0.497 e. The molecular weight excluding hydrogens is 410 g/mol. The SMILES string of the molecule is COc1cccc(-c2nc(CO[C@H]3CCC[C@@H](COC(C)(C)C(=O)O)C3)c(C(C)C)o2)c1. The lowest BCUT2D eigenvalue weighted by Gasteiger charge is -2.31. The summed E-state index contributed by atoms with van der Waals surface area (Å²) in [5, 5.41) is 9.24. The van der Waals surface area contributed by atoms with Crippen LogP contribution in [-0.4, -0.2) is 41.5 Å². The van der Waals surface area contributed by atoms with Crippen LogP contribution in [0.5, 0.6) is 5.75 Å². The van der Waals surface area contributed by atoms with Crippen molar-refractivity contribution in [3.63, 3.8) is 0 Å². The summed E-state index contributed by atoms with van der Waals surface area (Å²) in [7, 11) is 1.64. The summed E-state index contributed by atoms with van der Waals surface area (Å²) >= 11 is 0. The minimum atomic E-state index is -1.17. The summed E-state index contributed by atoms with van der Waals surface area (Å²) in [6, 6.07) is 7.67. The molecule has 1 heterocycles. The number of carbonyl (C=O) groups is 1. The maximum atomic E-state index is 11.3. The second-order valence-electron chi connectivity index (χ2n) is 9.31. The maximum absolute atomic E-state index is 11.3. The van der Waals surface area contributed by atoms with Gasteiger partial charge in [0, 0.05) is 11.5 Å². The Morgan fingerprint density at radius 2 is 2.09 bits per heavy atom. The number of hydrogen-bond acceptors (Lipinski definition) is 6. The van der Waals surface area contributed by atoms with Gasteiger partial charge in [-0.05, 0) is 57.2 Å². The molecule has 1 N–H and O–H groups in total. The zero-order valence-electron chi connectivity index (χ0n) is 19.7. The van der Waals surface area contributed by atoms with E-state index in [4.69, 9.17) is 23.6 Å². The summed E-state index contributed by atoms with van der Waals surface area (Å²) < 4.78 is 23.3. The molecule has 1 fully saturated rings. The van der Waals surface area contributed by atoms with Gasteiger partial charge in [0.25, 0.3) is 0 Å². The summed E-state index contributed by atoms with van der Waals surface area (Å²) in [6.07, 6.45) is 4.00. The van der Waals surface area contributed by atoms with E-state index in [2.05, 4.69) is 13.8 Å². The fraction of sp³-hybridized carbons (Fsp3) is 0.600. The Kier molecular flexibility index (Phi) is 7.96. The van der Waals surface area contributed by atoms with Crippen molar-refractivity contribution in [2.45, 2.75) is 77.6 Å². The first kappa shape index (κ1) is 24.3. The second kappa shape index (κ2) is 10.5. The molecule has 1 aromatic heterocycles. The van der Waals surface area contributed by atoms with E-state index >= 15 is 0 Å². The van der Waals surface area contributed by atoms with E-state index in [1.165, 1.54) is 0 Å². The molecule has 7 nitrogen and oxygen atoms in total. The van der Waals surface area contributed by atoms with Crippen molar-refractivity contribution >= 4 is 5.97 Å². The Morgan fingerprint density at radius 3 is 2.78 bits per heavy atom.